The molecule has 1 aromatic rings. The second kappa shape index (κ2) is 5.92. The van der Waals surface area contributed by atoms with Gasteiger partial charge < -0.3 is 4.18 Å². The monoisotopic (exact) mass is 260 g/mol. The van der Waals surface area contributed by atoms with E-state index in [4.69, 9.17) is 11.6 Å². The number of allylic oxidation sites excluding steroid dienone is 1. The first-order chi connectivity index (χ1) is 7.47. The number of hydrogen-bond acceptors (Lipinski definition) is 3. The van der Waals surface area contributed by atoms with E-state index in [1.807, 2.05) is 30.3 Å². The standard InChI is InChI=1S/C11H13ClO3S/c1-16(13,14)15-11(12)9-5-8-10-6-3-2-4-7-10/h2-4,6-7,9H,5,8H2,1H3/b11-9+. The van der Waals surface area contributed by atoms with Gasteiger partial charge in [-0.05, 0) is 36.1 Å². The van der Waals surface area contributed by atoms with Gasteiger partial charge in [0, 0.05) is 0 Å². The Morgan fingerprint density at radius 1 is 1.38 bits per heavy atom. The molecule has 88 valence electrons. The van der Waals surface area contributed by atoms with E-state index in [1.165, 1.54) is 5.56 Å². The first kappa shape index (κ1) is 13.1. The summed E-state index contributed by atoms with van der Waals surface area (Å²) in [5.41, 5.74) is 1.17. The van der Waals surface area contributed by atoms with Crippen molar-refractivity contribution < 1.29 is 12.6 Å². The van der Waals surface area contributed by atoms with Crippen LogP contribution in [0.25, 0.3) is 0 Å². The van der Waals surface area contributed by atoms with Crippen molar-refractivity contribution in [2.24, 2.45) is 0 Å². The maximum absolute atomic E-state index is 10.7. The summed E-state index contributed by atoms with van der Waals surface area (Å²) >= 11 is 5.59. The number of aryl methyl sites for hydroxylation is 1. The van der Waals surface area contributed by atoms with Gasteiger partial charge in [0.15, 0.2) is 0 Å². The highest BCUT2D eigenvalue weighted by Gasteiger charge is 2.03. The van der Waals surface area contributed by atoms with Gasteiger partial charge in [0.05, 0.1) is 6.26 Å². The summed E-state index contributed by atoms with van der Waals surface area (Å²) < 4.78 is 25.9. The van der Waals surface area contributed by atoms with Crippen LogP contribution in [-0.2, 0) is 20.7 Å². The third-order valence-corrected chi connectivity index (χ3v) is 2.62. The first-order valence-corrected chi connectivity index (χ1v) is 6.96. The number of hydrogen-bond donors (Lipinski definition) is 0. The molecule has 0 saturated heterocycles. The summed E-state index contributed by atoms with van der Waals surface area (Å²) in [4.78, 5) is 0. The van der Waals surface area contributed by atoms with Gasteiger partial charge in [0.2, 0.25) is 5.22 Å². The van der Waals surface area contributed by atoms with Gasteiger partial charge in [-0.15, -0.1) is 0 Å². The van der Waals surface area contributed by atoms with E-state index in [1.54, 1.807) is 6.08 Å². The molecule has 0 saturated carbocycles. The normalized spacial score (nSPS) is 12.5. The summed E-state index contributed by atoms with van der Waals surface area (Å²) in [6.07, 6.45) is 3.94. The van der Waals surface area contributed by atoms with Crippen molar-refractivity contribution in [3.8, 4) is 0 Å². The van der Waals surface area contributed by atoms with E-state index in [-0.39, 0.29) is 5.22 Å². The van der Waals surface area contributed by atoms with Gasteiger partial charge in [-0.3, -0.25) is 0 Å². The fourth-order valence-corrected chi connectivity index (χ4v) is 1.99. The van der Waals surface area contributed by atoms with Crippen LogP contribution in [0.5, 0.6) is 0 Å². The number of halogens is 1. The third kappa shape index (κ3) is 5.78. The zero-order valence-electron chi connectivity index (χ0n) is 8.89. The molecule has 0 amide bonds. The quantitative estimate of drug-likeness (QED) is 0.604. The van der Waals surface area contributed by atoms with Crippen molar-refractivity contribution in [1.82, 2.24) is 0 Å². The highest BCUT2D eigenvalue weighted by molar-refractivity contribution is 7.86. The lowest BCUT2D eigenvalue weighted by molar-refractivity contribution is 0.436. The maximum Gasteiger partial charge on any atom is 0.307 e. The molecule has 0 aromatic heterocycles. The second-order valence-electron chi connectivity index (χ2n) is 3.32. The molecule has 0 aliphatic carbocycles. The molecule has 0 spiro atoms. The lowest BCUT2D eigenvalue weighted by atomic mass is 10.1. The minimum atomic E-state index is -3.52. The Labute approximate surface area is 101 Å². The summed E-state index contributed by atoms with van der Waals surface area (Å²) in [5.74, 6) is 0. The molecule has 5 heteroatoms. The molecule has 0 bridgehead atoms. The second-order valence-corrected chi connectivity index (χ2v) is 5.27. The fraction of sp³-hybridized carbons (Fsp3) is 0.273. The van der Waals surface area contributed by atoms with Gasteiger partial charge in [0.25, 0.3) is 0 Å². The number of rotatable bonds is 5. The van der Waals surface area contributed by atoms with Crippen LogP contribution < -0.4 is 0 Å². The van der Waals surface area contributed by atoms with E-state index in [0.717, 1.165) is 12.7 Å². The van der Waals surface area contributed by atoms with Crippen LogP contribution >= 0.6 is 11.6 Å². The van der Waals surface area contributed by atoms with Crippen LogP contribution in [0, 0.1) is 0 Å². The molecule has 0 radical (unpaired) electrons. The van der Waals surface area contributed by atoms with Crippen LogP contribution in [-0.4, -0.2) is 14.7 Å². The average Bonchev–Trinajstić information content (AvgIpc) is 2.16. The molecule has 0 unspecified atom stereocenters. The van der Waals surface area contributed by atoms with E-state index in [9.17, 15) is 8.42 Å². The largest absolute Gasteiger partial charge is 0.370 e. The Balaban J connectivity index is 2.43. The average molecular weight is 261 g/mol. The van der Waals surface area contributed by atoms with Crippen molar-refractivity contribution in [2.75, 3.05) is 6.26 Å². The van der Waals surface area contributed by atoms with Crippen LogP contribution in [0.2, 0.25) is 0 Å². The van der Waals surface area contributed by atoms with E-state index < -0.39 is 10.1 Å². The Kier molecular flexibility index (Phi) is 4.83. The van der Waals surface area contributed by atoms with Crippen molar-refractivity contribution in [3.05, 3.63) is 47.2 Å². The minimum absolute atomic E-state index is 0.0987. The zero-order valence-corrected chi connectivity index (χ0v) is 10.5. The molecule has 0 aliphatic heterocycles. The summed E-state index contributed by atoms with van der Waals surface area (Å²) in [5, 5.41) is -0.0987. The molecule has 0 atom stereocenters. The molecular formula is C11H13ClO3S. The van der Waals surface area contributed by atoms with E-state index in [2.05, 4.69) is 4.18 Å². The molecule has 0 fully saturated rings. The van der Waals surface area contributed by atoms with Crippen molar-refractivity contribution in [3.63, 3.8) is 0 Å². The summed E-state index contributed by atoms with van der Waals surface area (Å²) in [6, 6.07) is 9.85. The molecule has 1 aromatic carbocycles. The van der Waals surface area contributed by atoms with E-state index in [0.29, 0.717) is 6.42 Å². The minimum Gasteiger partial charge on any atom is -0.370 e. The third-order valence-electron chi connectivity index (χ3n) is 1.81. The Morgan fingerprint density at radius 2 is 2.00 bits per heavy atom. The van der Waals surface area contributed by atoms with Crippen molar-refractivity contribution in [2.45, 2.75) is 12.8 Å². The fourth-order valence-electron chi connectivity index (χ4n) is 1.18. The smallest absolute Gasteiger partial charge is 0.307 e. The highest BCUT2D eigenvalue weighted by Crippen LogP contribution is 2.10. The van der Waals surface area contributed by atoms with Gasteiger partial charge in [-0.2, -0.15) is 8.42 Å². The van der Waals surface area contributed by atoms with Crippen molar-refractivity contribution in [1.29, 1.82) is 0 Å². The molecular weight excluding hydrogens is 248 g/mol. The van der Waals surface area contributed by atoms with Gasteiger partial charge in [0.1, 0.15) is 0 Å². The molecule has 16 heavy (non-hydrogen) atoms. The summed E-state index contributed by atoms with van der Waals surface area (Å²) in [6.45, 7) is 0. The predicted molar refractivity (Wildman–Crippen MR) is 64.6 cm³/mol. The van der Waals surface area contributed by atoms with Gasteiger partial charge in [-0.1, -0.05) is 30.3 Å². The topological polar surface area (TPSA) is 43.4 Å². The molecule has 0 N–H and O–H groups in total. The number of benzene rings is 1. The molecule has 1 rings (SSSR count). The maximum atomic E-state index is 10.7. The van der Waals surface area contributed by atoms with Crippen molar-refractivity contribution >= 4 is 21.7 Å². The Hall–Kier alpha value is -1.00. The SMILES string of the molecule is CS(=O)(=O)O/C(Cl)=C/CCc1ccccc1. The van der Waals surface area contributed by atoms with E-state index >= 15 is 0 Å². The van der Waals surface area contributed by atoms with Gasteiger partial charge in [-0.25, -0.2) is 0 Å². The highest BCUT2D eigenvalue weighted by atomic mass is 35.5. The molecule has 0 aliphatic rings. The van der Waals surface area contributed by atoms with Crippen LogP contribution in [0.4, 0.5) is 0 Å². The lowest BCUT2D eigenvalue weighted by Gasteiger charge is -2.00. The lowest BCUT2D eigenvalue weighted by Crippen LogP contribution is -1.99. The molecule has 3 nitrogen and oxygen atoms in total. The Morgan fingerprint density at radius 3 is 2.56 bits per heavy atom. The predicted octanol–water partition coefficient (Wildman–Crippen LogP) is 2.68. The Bertz CT molecular complexity index is 451. The van der Waals surface area contributed by atoms with Crippen LogP contribution in [0.1, 0.15) is 12.0 Å². The van der Waals surface area contributed by atoms with Gasteiger partial charge >= 0.3 is 10.1 Å². The first-order valence-electron chi connectivity index (χ1n) is 4.76. The van der Waals surface area contributed by atoms with Crippen LogP contribution in [0.3, 0.4) is 0 Å². The zero-order chi connectivity index (χ0) is 12.0. The summed E-state index contributed by atoms with van der Waals surface area (Å²) in [7, 11) is -3.52. The van der Waals surface area contributed by atoms with Crippen LogP contribution in [0.15, 0.2) is 41.6 Å². The molecule has 0 heterocycles.